The third-order valence-corrected chi connectivity index (χ3v) is 9.52. The second-order valence-corrected chi connectivity index (χ2v) is 14.5. The van der Waals surface area contributed by atoms with Gasteiger partial charge in [-0.3, -0.25) is 0 Å². The summed E-state index contributed by atoms with van der Waals surface area (Å²) in [5.41, 5.74) is 4.24. The van der Waals surface area contributed by atoms with Crippen LogP contribution in [0.1, 0.15) is 0 Å². The number of aromatic nitrogens is 2. The zero-order chi connectivity index (χ0) is 47.3. The molecule has 348 valence electrons. The number of pyridine rings is 2. The van der Waals surface area contributed by atoms with Crippen LogP contribution in [-0.2, 0) is 9.47 Å². The standard InChI is InChI=1S/C22H19F4N3O2.C16H15ClF3N3O2.C6H6BFO2/c23-16-3-1-15(2-4-16)20-13-18(14-21(28-20)29-9-11-30-12-10-29)27-17-5-7-19(8-6-17)31-22(24,25)26;17-14-9-12(10-15(22-14)23-5-7-24-8-6-23)21-11-1-3-13(4-2-11)25-16(18,19)20;8-6-3-1-5(2-4-6)7(9)10/h1-8,13-14H,9-12H2,(H,27,28);1-4,9-10H,5-8H2,(H,21,22);1-4,9-10H. The highest BCUT2D eigenvalue weighted by Gasteiger charge is 2.32. The third-order valence-electron chi connectivity index (χ3n) is 9.32. The van der Waals surface area contributed by atoms with Gasteiger partial charge in [0.2, 0.25) is 0 Å². The summed E-state index contributed by atoms with van der Waals surface area (Å²) >= 11 is 6.08. The highest BCUT2D eigenvalue weighted by Crippen LogP contribution is 2.31. The van der Waals surface area contributed by atoms with Gasteiger partial charge in [-0.05, 0) is 103 Å². The Labute approximate surface area is 378 Å². The molecule has 0 atom stereocenters. The number of hydrogen-bond acceptors (Lipinski definition) is 12. The lowest BCUT2D eigenvalue weighted by molar-refractivity contribution is -0.275. The first kappa shape index (κ1) is 49.1. The summed E-state index contributed by atoms with van der Waals surface area (Å²) in [6.07, 6.45) is -9.45. The minimum absolute atomic E-state index is 0.278. The van der Waals surface area contributed by atoms with E-state index >= 15 is 0 Å². The first-order chi connectivity index (χ1) is 31.4. The van der Waals surface area contributed by atoms with Crippen molar-refractivity contribution in [1.82, 2.24) is 9.97 Å². The van der Waals surface area contributed by atoms with Crippen molar-refractivity contribution in [3.8, 4) is 22.8 Å². The monoisotopic (exact) mass is 946 g/mol. The van der Waals surface area contributed by atoms with Crippen molar-refractivity contribution in [2.24, 2.45) is 0 Å². The van der Waals surface area contributed by atoms with Crippen molar-refractivity contribution in [2.45, 2.75) is 12.7 Å². The summed E-state index contributed by atoms with van der Waals surface area (Å²) in [4.78, 5) is 13.2. The Bertz CT molecular complexity index is 2450. The SMILES string of the molecule is FC(F)(F)Oc1ccc(Nc2cc(Cl)nc(N3CCOCC3)c2)cc1.Fc1ccc(-c2cc(Nc3ccc(OC(F)(F)F)cc3)cc(N3CCOCC3)n2)cc1.OB(O)c1ccc(F)cc1. The van der Waals surface area contributed by atoms with Crippen LogP contribution in [0.5, 0.6) is 11.5 Å². The van der Waals surface area contributed by atoms with Gasteiger partial charge in [0, 0.05) is 66.6 Å². The van der Waals surface area contributed by atoms with E-state index in [0.717, 1.165) is 30.3 Å². The van der Waals surface area contributed by atoms with Crippen LogP contribution >= 0.6 is 11.6 Å². The van der Waals surface area contributed by atoms with E-state index < -0.39 is 19.8 Å². The molecule has 0 radical (unpaired) electrons. The van der Waals surface area contributed by atoms with E-state index in [9.17, 15) is 35.1 Å². The van der Waals surface area contributed by atoms with E-state index in [1.807, 2.05) is 12.1 Å². The molecule has 6 aromatic rings. The van der Waals surface area contributed by atoms with E-state index in [0.29, 0.717) is 78.6 Å². The average Bonchev–Trinajstić information content (AvgIpc) is 3.28. The lowest BCUT2D eigenvalue weighted by Gasteiger charge is -2.28. The number of nitrogens with one attached hydrogen (secondary N) is 2. The van der Waals surface area contributed by atoms with Crippen LogP contribution in [0.15, 0.2) is 121 Å². The fraction of sp³-hybridized carbons (Fsp3) is 0.227. The Hall–Kier alpha value is -6.39. The van der Waals surface area contributed by atoms with Gasteiger partial charge in [-0.2, -0.15) is 0 Å². The molecule has 0 unspecified atom stereocenters. The Balaban J connectivity index is 0.000000183. The lowest BCUT2D eigenvalue weighted by Crippen LogP contribution is -2.36. The zero-order valence-corrected chi connectivity index (χ0v) is 35.3. The minimum atomic E-state index is -4.74. The van der Waals surface area contributed by atoms with Gasteiger partial charge in [-0.1, -0.05) is 23.7 Å². The summed E-state index contributed by atoms with van der Waals surface area (Å²) in [6, 6.07) is 29.1. The van der Waals surface area contributed by atoms with Gasteiger partial charge < -0.3 is 49.4 Å². The van der Waals surface area contributed by atoms with E-state index in [4.69, 9.17) is 36.1 Å². The molecule has 2 fully saturated rings. The fourth-order valence-corrected chi connectivity index (χ4v) is 6.47. The normalized spacial score (nSPS) is 13.9. The second-order valence-electron chi connectivity index (χ2n) is 14.2. The predicted octanol–water partition coefficient (Wildman–Crippen LogP) is 9.09. The molecule has 4 aromatic carbocycles. The molecule has 2 aliphatic heterocycles. The van der Waals surface area contributed by atoms with Crippen molar-refractivity contribution in [2.75, 3.05) is 73.0 Å². The average molecular weight is 947 g/mol. The van der Waals surface area contributed by atoms with Crippen molar-refractivity contribution in [1.29, 1.82) is 0 Å². The van der Waals surface area contributed by atoms with Crippen molar-refractivity contribution >= 4 is 58.6 Å². The largest absolute Gasteiger partial charge is 0.573 e. The molecule has 0 bridgehead atoms. The molecule has 0 saturated carbocycles. The first-order valence-corrected chi connectivity index (χ1v) is 20.3. The van der Waals surface area contributed by atoms with E-state index in [1.54, 1.807) is 24.3 Å². The number of morpholine rings is 2. The number of benzene rings is 4. The number of hydrogen-bond donors (Lipinski definition) is 4. The number of rotatable bonds is 10. The molecule has 12 nitrogen and oxygen atoms in total. The molecule has 66 heavy (non-hydrogen) atoms. The van der Waals surface area contributed by atoms with Crippen molar-refractivity contribution < 1.29 is 64.1 Å². The highest BCUT2D eigenvalue weighted by atomic mass is 35.5. The van der Waals surface area contributed by atoms with Gasteiger partial charge in [-0.15, -0.1) is 26.3 Å². The minimum Gasteiger partial charge on any atom is -0.423 e. The molecule has 2 aliphatic rings. The summed E-state index contributed by atoms with van der Waals surface area (Å²) in [6.45, 7) is 5.23. The Morgan fingerprint density at radius 1 is 0.545 bits per heavy atom. The van der Waals surface area contributed by atoms with Gasteiger partial charge in [0.25, 0.3) is 0 Å². The van der Waals surface area contributed by atoms with Gasteiger partial charge >= 0.3 is 19.8 Å². The molecule has 2 aromatic heterocycles. The quantitative estimate of drug-likeness (QED) is 0.0594. The lowest BCUT2D eigenvalue weighted by atomic mass is 9.80. The first-order valence-electron chi connectivity index (χ1n) is 19.9. The Morgan fingerprint density at radius 2 is 0.955 bits per heavy atom. The van der Waals surface area contributed by atoms with E-state index in [-0.39, 0.29) is 23.1 Å². The number of anilines is 6. The highest BCUT2D eigenvalue weighted by molar-refractivity contribution is 6.58. The second kappa shape index (κ2) is 22.7. The molecule has 2 saturated heterocycles. The molecule has 22 heteroatoms. The summed E-state index contributed by atoms with van der Waals surface area (Å²) in [5.74, 6) is 0.144. The maximum atomic E-state index is 13.3. The number of halogens is 9. The summed E-state index contributed by atoms with van der Waals surface area (Å²) in [7, 11) is -1.51. The molecule has 0 spiro atoms. The predicted molar refractivity (Wildman–Crippen MR) is 234 cm³/mol. The van der Waals surface area contributed by atoms with Crippen LogP contribution < -0.4 is 35.4 Å². The van der Waals surface area contributed by atoms with Crippen molar-refractivity contribution in [3.63, 3.8) is 0 Å². The van der Waals surface area contributed by atoms with Crippen LogP contribution in [0.4, 0.5) is 69.5 Å². The Morgan fingerprint density at radius 3 is 1.38 bits per heavy atom. The number of ether oxygens (including phenoxy) is 4. The third kappa shape index (κ3) is 15.9. The van der Waals surface area contributed by atoms with Gasteiger partial charge in [-0.25, -0.2) is 18.7 Å². The van der Waals surface area contributed by atoms with Crippen LogP contribution in [0.25, 0.3) is 11.3 Å². The fourth-order valence-electron chi connectivity index (χ4n) is 6.27. The van der Waals surface area contributed by atoms with Crippen LogP contribution in [0.3, 0.4) is 0 Å². The van der Waals surface area contributed by atoms with Crippen LogP contribution in [0.2, 0.25) is 5.15 Å². The molecule has 0 aliphatic carbocycles. The van der Waals surface area contributed by atoms with Crippen LogP contribution in [-0.4, -0.2) is 92.5 Å². The molecule has 4 N–H and O–H groups in total. The van der Waals surface area contributed by atoms with E-state index in [1.165, 1.54) is 84.9 Å². The molecule has 0 amide bonds. The number of alkyl halides is 6. The van der Waals surface area contributed by atoms with Crippen LogP contribution in [0, 0.1) is 11.6 Å². The Kier molecular flexibility index (Phi) is 16.9. The topological polar surface area (TPSA) is 134 Å². The van der Waals surface area contributed by atoms with E-state index in [2.05, 4.69) is 34.9 Å². The van der Waals surface area contributed by atoms with Gasteiger partial charge in [0.15, 0.2) is 0 Å². The zero-order valence-electron chi connectivity index (χ0n) is 34.5. The molecule has 8 rings (SSSR count). The van der Waals surface area contributed by atoms with Gasteiger partial charge in [0.05, 0.1) is 32.1 Å². The van der Waals surface area contributed by atoms with Gasteiger partial charge in [0.1, 0.15) is 39.9 Å². The van der Waals surface area contributed by atoms with Crippen molar-refractivity contribution in [3.05, 3.63) is 138 Å². The summed E-state index contributed by atoms with van der Waals surface area (Å²) < 4.78 is 118. The summed E-state index contributed by atoms with van der Waals surface area (Å²) in [5, 5.41) is 23.7. The maximum Gasteiger partial charge on any atom is 0.573 e. The molecular weight excluding hydrogens is 907 g/mol. The number of nitrogens with zero attached hydrogens (tertiary/aromatic N) is 4. The molecular formula is C44H40BClF8N6O6. The molecule has 4 heterocycles. The maximum absolute atomic E-state index is 13.3. The smallest absolute Gasteiger partial charge is 0.423 e.